The molecule has 3 rings (SSSR count). The highest BCUT2D eigenvalue weighted by molar-refractivity contribution is 9.11. The van der Waals surface area contributed by atoms with Gasteiger partial charge in [-0.05, 0) is 59.4 Å². The molecule has 0 amide bonds. The Balaban J connectivity index is 1.84. The lowest BCUT2D eigenvalue weighted by molar-refractivity contribution is 0.582. The van der Waals surface area contributed by atoms with Crippen molar-refractivity contribution in [1.29, 1.82) is 0 Å². The number of rotatable bonds is 3. The van der Waals surface area contributed by atoms with Crippen LogP contribution in [0.1, 0.15) is 12.8 Å². The van der Waals surface area contributed by atoms with Gasteiger partial charge in [-0.25, -0.2) is 8.42 Å². The number of hydrogen-bond donors (Lipinski definition) is 2. The number of sulfonamides is 1. The molecule has 1 aromatic rings. The highest BCUT2D eigenvalue weighted by atomic mass is 79.9. The zero-order chi connectivity index (χ0) is 14.2. The molecular weight excluding hydrogens is 360 g/mol. The average molecular weight is 375 g/mol. The summed E-state index contributed by atoms with van der Waals surface area (Å²) >= 11 is 4.51. The summed E-state index contributed by atoms with van der Waals surface area (Å²) in [7, 11) is -3.48. The monoisotopic (exact) mass is 374 g/mol. The SMILES string of the molecule is O=S(=O)(NC1=CC2CNCCC(=C1)C2)c1ccc(Br)s1. The molecule has 7 heteroatoms. The van der Waals surface area contributed by atoms with Crippen LogP contribution in [0.15, 0.2) is 43.6 Å². The van der Waals surface area contributed by atoms with Crippen LogP contribution >= 0.6 is 27.3 Å². The van der Waals surface area contributed by atoms with Crippen molar-refractivity contribution in [2.45, 2.75) is 17.1 Å². The minimum absolute atomic E-state index is 0.329. The van der Waals surface area contributed by atoms with Crippen molar-refractivity contribution in [3.8, 4) is 0 Å². The van der Waals surface area contributed by atoms with E-state index in [1.54, 1.807) is 12.1 Å². The summed E-state index contributed by atoms with van der Waals surface area (Å²) in [6, 6.07) is 3.36. The van der Waals surface area contributed by atoms with E-state index >= 15 is 0 Å². The van der Waals surface area contributed by atoms with E-state index in [1.807, 2.05) is 12.2 Å². The van der Waals surface area contributed by atoms with E-state index in [4.69, 9.17) is 0 Å². The minimum Gasteiger partial charge on any atom is -0.316 e. The lowest BCUT2D eigenvalue weighted by Gasteiger charge is -2.19. The van der Waals surface area contributed by atoms with Gasteiger partial charge in [-0.1, -0.05) is 11.6 Å². The van der Waals surface area contributed by atoms with Crippen molar-refractivity contribution in [1.82, 2.24) is 10.0 Å². The van der Waals surface area contributed by atoms with Crippen molar-refractivity contribution in [3.05, 3.63) is 39.3 Å². The molecule has 2 aliphatic rings. The first kappa shape index (κ1) is 14.3. The third-order valence-electron chi connectivity index (χ3n) is 3.39. The fourth-order valence-electron chi connectivity index (χ4n) is 2.53. The molecule has 2 heterocycles. The molecule has 1 aliphatic heterocycles. The van der Waals surface area contributed by atoms with Crippen LogP contribution in [0.2, 0.25) is 0 Å². The van der Waals surface area contributed by atoms with Crippen LogP contribution in [0, 0.1) is 5.92 Å². The summed E-state index contributed by atoms with van der Waals surface area (Å²) in [5.74, 6) is 0.380. The summed E-state index contributed by atoms with van der Waals surface area (Å²) in [6.45, 7) is 1.88. The summed E-state index contributed by atoms with van der Waals surface area (Å²) < 4.78 is 28.5. The standard InChI is InChI=1S/C13H15BrN2O2S2/c14-12-1-2-13(19-12)20(17,18)16-11-6-9-3-4-15-8-10(5-9)7-11/h1-2,6-7,10,15-16H,3-5,8H2. The van der Waals surface area contributed by atoms with Crippen LogP contribution in [0.5, 0.6) is 0 Å². The second-order valence-electron chi connectivity index (χ2n) is 5.01. The highest BCUT2D eigenvalue weighted by Crippen LogP contribution is 2.29. The van der Waals surface area contributed by atoms with Gasteiger partial charge < -0.3 is 5.32 Å². The predicted octanol–water partition coefficient (Wildman–Crippen LogP) is 2.61. The van der Waals surface area contributed by atoms with Gasteiger partial charge in [-0.2, -0.15) is 0 Å². The number of thiophene rings is 1. The first-order valence-electron chi connectivity index (χ1n) is 6.43. The molecular formula is C13H15BrN2O2S2. The minimum atomic E-state index is -3.48. The Morgan fingerprint density at radius 2 is 2.25 bits per heavy atom. The van der Waals surface area contributed by atoms with Gasteiger partial charge in [0.25, 0.3) is 10.0 Å². The molecule has 20 heavy (non-hydrogen) atoms. The maximum absolute atomic E-state index is 12.3. The second kappa shape index (κ2) is 5.63. The van der Waals surface area contributed by atoms with E-state index in [-0.39, 0.29) is 0 Å². The average Bonchev–Trinajstić information content (AvgIpc) is 2.74. The van der Waals surface area contributed by atoms with E-state index < -0.39 is 10.0 Å². The van der Waals surface area contributed by atoms with Crippen LogP contribution in [0.25, 0.3) is 0 Å². The summed E-state index contributed by atoms with van der Waals surface area (Å²) in [6.07, 6.45) is 6.01. The van der Waals surface area contributed by atoms with Gasteiger partial charge in [-0.3, -0.25) is 4.72 Å². The Hall–Kier alpha value is -0.630. The molecule has 0 radical (unpaired) electrons. The largest absolute Gasteiger partial charge is 0.316 e. The topological polar surface area (TPSA) is 58.2 Å². The Morgan fingerprint density at radius 1 is 1.40 bits per heavy atom. The molecule has 0 aromatic carbocycles. The third kappa shape index (κ3) is 3.16. The molecule has 4 nitrogen and oxygen atoms in total. The van der Waals surface area contributed by atoms with Gasteiger partial charge in [0, 0.05) is 12.2 Å². The Labute approximate surface area is 131 Å². The molecule has 1 aliphatic carbocycles. The van der Waals surface area contributed by atoms with Gasteiger partial charge in [0.2, 0.25) is 0 Å². The van der Waals surface area contributed by atoms with Crippen molar-refractivity contribution >= 4 is 37.3 Å². The summed E-state index contributed by atoms with van der Waals surface area (Å²) in [4.78, 5) is 0. The molecule has 2 N–H and O–H groups in total. The fourth-order valence-corrected chi connectivity index (χ4v) is 5.59. The second-order valence-corrected chi connectivity index (χ2v) is 9.38. The van der Waals surface area contributed by atoms with Gasteiger partial charge in [0.1, 0.15) is 4.21 Å². The van der Waals surface area contributed by atoms with Crippen molar-refractivity contribution in [2.75, 3.05) is 13.1 Å². The van der Waals surface area contributed by atoms with E-state index in [0.717, 1.165) is 29.7 Å². The first-order chi connectivity index (χ1) is 9.53. The molecule has 1 aromatic heterocycles. The lowest BCUT2D eigenvalue weighted by Crippen LogP contribution is -2.25. The maximum atomic E-state index is 12.3. The summed E-state index contributed by atoms with van der Waals surface area (Å²) in [5, 5.41) is 3.37. The predicted molar refractivity (Wildman–Crippen MR) is 84.1 cm³/mol. The van der Waals surface area contributed by atoms with Crippen molar-refractivity contribution in [3.63, 3.8) is 0 Å². The Bertz CT molecular complexity index is 676. The van der Waals surface area contributed by atoms with Gasteiger partial charge >= 0.3 is 0 Å². The summed E-state index contributed by atoms with van der Waals surface area (Å²) in [5.41, 5.74) is 2.01. The normalized spacial score (nSPS) is 22.8. The van der Waals surface area contributed by atoms with E-state index in [2.05, 4.69) is 26.0 Å². The first-order valence-corrected chi connectivity index (χ1v) is 9.52. The van der Waals surface area contributed by atoms with E-state index in [1.165, 1.54) is 16.9 Å². The molecule has 1 unspecified atom stereocenters. The van der Waals surface area contributed by atoms with Gasteiger partial charge in [0.05, 0.1) is 3.79 Å². The van der Waals surface area contributed by atoms with Crippen molar-refractivity contribution in [2.24, 2.45) is 5.92 Å². The fraction of sp³-hybridized carbons (Fsp3) is 0.385. The molecule has 1 saturated heterocycles. The molecule has 0 saturated carbocycles. The van der Waals surface area contributed by atoms with Crippen LogP contribution in [-0.4, -0.2) is 21.5 Å². The quantitative estimate of drug-likeness (QED) is 0.854. The maximum Gasteiger partial charge on any atom is 0.271 e. The highest BCUT2D eigenvalue weighted by Gasteiger charge is 2.22. The number of fused-ring (bicyclic) bond motifs is 2. The zero-order valence-corrected chi connectivity index (χ0v) is 13.9. The zero-order valence-electron chi connectivity index (χ0n) is 10.7. The number of allylic oxidation sites excluding steroid dienone is 1. The Kier molecular flexibility index (Phi) is 4.03. The van der Waals surface area contributed by atoms with E-state index in [0.29, 0.717) is 15.8 Å². The molecule has 0 spiro atoms. The molecule has 1 atom stereocenters. The number of nitrogens with one attached hydrogen (secondary N) is 2. The lowest BCUT2D eigenvalue weighted by atomic mass is 9.93. The van der Waals surface area contributed by atoms with Crippen LogP contribution in [0.3, 0.4) is 0 Å². The smallest absolute Gasteiger partial charge is 0.271 e. The van der Waals surface area contributed by atoms with Crippen LogP contribution < -0.4 is 10.0 Å². The third-order valence-corrected chi connectivity index (χ3v) is 6.89. The Morgan fingerprint density at radius 3 is 3.00 bits per heavy atom. The van der Waals surface area contributed by atoms with Crippen LogP contribution in [0.4, 0.5) is 0 Å². The molecule has 1 fully saturated rings. The molecule has 2 bridgehead atoms. The van der Waals surface area contributed by atoms with E-state index in [9.17, 15) is 8.42 Å². The van der Waals surface area contributed by atoms with Crippen molar-refractivity contribution < 1.29 is 8.42 Å². The molecule has 108 valence electrons. The van der Waals surface area contributed by atoms with Gasteiger partial charge in [0.15, 0.2) is 0 Å². The van der Waals surface area contributed by atoms with Gasteiger partial charge in [-0.15, -0.1) is 11.3 Å². The number of hydrogen-bond acceptors (Lipinski definition) is 4. The number of halogens is 1. The van der Waals surface area contributed by atoms with Crippen LogP contribution in [-0.2, 0) is 10.0 Å².